The molecule has 1 amide bonds. The van der Waals surface area contributed by atoms with Crippen LogP contribution in [0.4, 0.5) is 5.69 Å². The molecule has 21 heavy (non-hydrogen) atoms. The van der Waals surface area contributed by atoms with Crippen LogP contribution in [0.15, 0.2) is 18.2 Å². The van der Waals surface area contributed by atoms with E-state index in [4.69, 9.17) is 15.2 Å². The summed E-state index contributed by atoms with van der Waals surface area (Å²) in [6.07, 6.45) is 3.62. The Hall–Kier alpha value is -1.46. The number of carbonyl (C=O) groups is 1. The molecule has 0 radical (unpaired) electrons. The van der Waals surface area contributed by atoms with Gasteiger partial charge in [0, 0.05) is 18.5 Å². The highest BCUT2D eigenvalue weighted by Gasteiger charge is 2.26. The van der Waals surface area contributed by atoms with Crippen LogP contribution in [0.3, 0.4) is 0 Å². The fourth-order valence-electron chi connectivity index (χ4n) is 2.67. The molecule has 3 N–H and O–H groups in total. The summed E-state index contributed by atoms with van der Waals surface area (Å²) in [7, 11) is 3.16. The molecule has 1 saturated carbocycles. The van der Waals surface area contributed by atoms with Crippen LogP contribution in [0.1, 0.15) is 25.7 Å². The van der Waals surface area contributed by atoms with Crippen molar-refractivity contribution in [3.8, 4) is 11.5 Å². The molecule has 1 fully saturated rings. The van der Waals surface area contributed by atoms with Gasteiger partial charge in [0.25, 0.3) is 0 Å². The first-order chi connectivity index (χ1) is 9.63. The van der Waals surface area contributed by atoms with E-state index in [9.17, 15) is 4.79 Å². The number of anilines is 1. The lowest BCUT2D eigenvalue weighted by atomic mass is 10.00. The minimum Gasteiger partial charge on any atom is -0.497 e. The number of nitrogens with two attached hydrogens (primary N) is 1. The number of ether oxygens (including phenoxy) is 2. The van der Waals surface area contributed by atoms with Gasteiger partial charge in [-0.1, -0.05) is 6.42 Å². The van der Waals surface area contributed by atoms with Crippen molar-refractivity contribution in [1.29, 1.82) is 0 Å². The van der Waals surface area contributed by atoms with E-state index in [0.29, 0.717) is 23.6 Å². The molecule has 0 heterocycles. The average Bonchev–Trinajstić information content (AvgIpc) is 2.84. The molecule has 1 aliphatic carbocycles. The van der Waals surface area contributed by atoms with Gasteiger partial charge < -0.3 is 20.5 Å². The molecule has 1 aromatic carbocycles. The zero-order valence-electron chi connectivity index (χ0n) is 12.4. The van der Waals surface area contributed by atoms with E-state index in [2.05, 4.69) is 5.32 Å². The monoisotopic (exact) mass is 314 g/mol. The number of methoxy groups -OCH3 is 2. The van der Waals surface area contributed by atoms with E-state index in [-0.39, 0.29) is 30.3 Å². The second-order valence-electron chi connectivity index (χ2n) is 5.17. The smallest absolute Gasteiger partial charge is 0.224 e. The Morgan fingerprint density at radius 1 is 1.33 bits per heavy atom. The summed E-state index contributed by atoms with van der Waals surface area (Å²) in [5.74, 6) is 1.55. The Kier molecular flexibility index (Phi) is 6.78. The van der Waals surface area contributed by atoms with Gasteiger partial charge in [-0.25, -0.2) is 0 Å². The molecule has 0 aliphatic heterocycles. The summed E-state index contributed by atoms with van der Waals surface area (Å²) in [6.45, 7) is 0. The standard InChI is InChI=1S/C15H22N2O3.ClH/c1-19-11-6-7-14(20-2)13(9-11)17-15(18)8-10-4-3-5-12(10)16;/h6-7,9-10,12H,3-5,8,16H2,1-2H3,(H,17,18);1H/t10-,12+;/m0./s1. The van der Waals surface area contributed by atoms with Crippen molar-refractivity contribution in [2.75, 3.05) is 19.5 Å². The zero-order chi connectivity index (χ0) is 14.5. The first-order valence-corrected chi connectivity index (χ1v) is 6.91. The summed E-state index contributed by atoms with van der Waals surface area (Å²) in [5.41, 5.74) is 6.63. The van der Waals surface area contributed by atoms with Gasteiger partial charge in [0.15, 0.2) is 0 Å². The lowest BCUT2D eigenvalue weighted by Crippen LogP contribution is -2.28. The third kappa shape index (κ3) is 4.51. The lowest BCUT2D eigenvalue weighted by Gasteiger charge is -2.16. The highest BCUT2D eigenvalue weighted by molar-refractivity contribution is 5.92. The highest BCUT2D eigenvalue weighted by Crippen LogP contribution is 2.31. The van der Waals surface area contributed by atoms with Gasteiger partial charge in [-0.3, -0.25) is 4.79 Å². The number of nitrogens with one attached hydrogen (secondary N) is 1. The Morgan fingerprint density at radius 2 is 2.10 bits per heavy atom. The summed E-state index contributed by atoms with van der Waals surface area (Å²) < 4.78 is 10.4. The molecule has 0 spiro atoms. The third-order valence-corrected chi connectivity index (χ3v) is 3.85. The van der Waals surface area contributed by atoms with Crippen molar-refractivity contribution >= 4 is 24.0 Å². The summed E-state index contributed by atoms with van der Waals surface area (Å²) >= 11 is 0. The van der Waals surface area contributed by atoms with E-state index in [1.807, 2.05) is 0 Å². The Labute approximate surface area is 131 Å². The molecule has 5 nitrogen and oxygen atoms in total. The second kappa shape index (κ2) is 8.10. The summed E-state index contributed by atoms with van der Waals surface area (Å²) in [6, 6.07) is 5.47. The quantitative estimate of drug-likeness (QED) is 0.876. The normalized spacial score (nSPS) is 20.5. The number of rotatable bonds is 5. The number of carbonyl (C=O) groups excluding carboxylic acids is 1. The fraction of sp³-hybridized carbons (Fsp3) is 0.533. The highest BCUT2D eigenvalue weighted by atomic mass is 35.5. The number of halogens is 1. The van der Waals surface area contributed by atoms with Crippen molar-refractivity contribution < 1.29 is 14.3 Å². The minimum absolute atomic E-state index is 0. The maximum atomic E-state index is 12.1. The van der Waals surface area contributed by atoms with Gasteiger partial charge >= 0.3 is 0 Å². The van der Waals surface area contributed by atoms with Crippen LogP contribution < -0.4 is 20.5 Å². The van der Waals surface area contributed by atoms with Crippen molar-refractivity contribution in [3.63, 3.8) is 0 Å². The fourth-order valence-corrected chi connectivity index (χ4v) is 2.67. The van der Waals surface area contributed by atoms with E-state index in [1.165, 1.54) is 0 Å². The van der Waals surface area contributed by atoms with Crippen molar-refractivity contribution in [2.45, 2.75) is 31.7 Å². The molecular formula is C15H23ClN2O3. The molecule has 1 aromatic rings. The van der Waals surface area contributed by atoms with Gasteiger partial charge in [0.1, 0.15) is 11.5 Å². The van der Waals surface area contributed by atoms with Crippen molar-refractivity contribution in [3.05, 3.63) is 18.2 Å². The topological polar surface area (TPSA) is 73.6 Å². The van der Waals surface area contributed by atoms with Crippen molar-refractivity contribution in [2.24, 2.45) is 11.7 Å². The number of benzene rings is 1. The second-order valence-corrected chi connectivity index (χ2v) is 5.17. The van der Waals surface area contributed by atoms with Crippen LogP contribution in [-0.2, 0) is 4.79 Å². The van der Waals surface area contributed by atoms with Crippen LogP contribution in [0.25, 0.3) is 0 Å². The predicted molar refractivity (Wildman–Crippen MR) is 85.4 cm³/mol. The molecule has 118 valence electrons. The molecule has 2 rings (SSSR count). The van der Waals surface area contributed by atoms with E-state index in [1.54, 1.807) is 32.4 Å². The van der Waals surface area contributed by atoms with Crippen LogP contribution in [0, 0.1) is 5.92 Å². The van der Waals surface area contributed by atoms with Gasteiger partial charge in [0.2, 0.25) is 5.91 Å². The molecule has 0 saturated heterocycles. The Balaban J connectivity index is 0.00000220. The van der Waals surface area contributed by atoms with Gasteiger partial charge in [-0.2, -0.15) is 0 Å². The Bertz CT molecular complexity index is 482. The molecular weight excluding hydrogens is 292 g/mol. The van der Waals surface area contributed by atoms with Gasteiger partial charge in [-0.15, -0.1) is 12.4 Å². The molecule has 0 unspecified atom stereocenters. The van der Waals surface area contributed by atoms with Gasteiger partial charge in [-0.05, 0) is 30.9 Å². The first kappa shape index (κ1) is 17.6. The maximum absolute atomic E-state index is 12.1. The minimum atomic E-state index is -0.0288. The summed E-state index contributed by atoms with van der Waals surface area (Å²) in [5, 5.41) is 2.88. The summed E-state index contributed by atoms with van der Waals surface area (Å²) in [4.78, 5) is 12.1. The van der Waals surface area contributed by atoms with Crippen LogP contribution in [0.5, 0.6) is 11.5 Å². The molecule has 2 atom stereocenters. The predicted octanol–water partition coefficient (Wildman–Crippen LogP) is 2.58. The third-order valence-electron chi connectivity index (χ3n) is 3.85. The van der Waals surface area contributed by atoms with Crippen LogP contribution >= 0.6 is 12.4 Å². The van der Waals surface area contributed by atoms with E-state index >= 15 is 0 Å². The average molecular weight is 315 g/mol. The molecule has 0 bridgehead atoms. The number of hydrogen-bond donors (Lipinski definition) is 2. The number of amides is 1. The van der Waals surface area contributed by atoms with Crippen LogP contribution in [0.2, 0.25) is 0 Å². The Morgan fingerprint density at radius 3 is 2.67 bits per heavy atom. The number of hydrogen-bond acceptors (Lipinski definition) is 4. The van der Waals surface area contributed by atoms with Crippen LogP contribution in [-0.4, -0.2) is 26.2 Å². The maximum Gasteiger partial charge on any atom is 0.224 e. The lowest BCUT2D eigenvalue weighted by molar-refractivity contribution is -0.117. The SMILES string of the molecule is COc1ccc(OC)c(NC(=O)C[C@@H]2CCC[C@H]2N)c1.Cl. The molecule has 0 aromatic heterocycles. The molecule has 1 aliphatic rings. The van der Waals surface area contributed by atoms with E-state index < -0.39 is 0 Å². The van der Waals surface area contributed by atoms with E-state index in [0.717, 1.165) is 19.3 Å². The largest absolute Gasteiger partial charge is 0.497 e. The first-order valence-electron chi connectivity index (χ1n) is 6.91. The van der Waals surface area contributed by atoms with Gasteiger partial charge in [0.05, 0.1) is 19.9 Å². The van der Waals surface area contributed by atoms with Crippen molar-refractivity contribution in [1.82, 2.24) is 0 Å². The zero-order valence-corrected chi connectivity index (χ0v) is 13.2. The molecule has 6 heteroatoms.